The van der Waals surface area contributed by atoms with Crippen LogP contribution in [0.2, 0.25) is 0 Å². The zero-order chi connectivity index (χ0) is 15.3. The van der Waals surface area contributed by atoms with Gasteiger partial charge in [-0.1, -0.05) is 19.8 Å². The van der Waals surface area contributed by atoms with Crippen LogP contribution in [0.1, 0.15) is 58.3 Å². The molecule has 2 rings (SSSR count). The Bertz CT molecular complexity index is 352. The van der Waals surface area contributed by atoms with Gasteiger partial charge in [0.15, 0.2) is 0 Å². The smallest absolute Gasteiger partial charge is 0.228 e. The molecule has 21 heavy (non-hydrogen) atoms. The average molecular weight is 297 g/mol. The highest BCUT2D eigenvalue weighted by atomic mass is 16.5. The highest BCUT2D eigenvalue weighted by molar-refractivity contribution is 5.82. The number of methoxy groups -OCH3 is 1. The molecular formula is C17H31NO3. The summed E-state index contributed by atoms with van der Waals surface area (Å²) in [7, 11) is 1.71. The maximum atomic E-state index is 12.9. The van der Waals surface area contributed by atoms with Gasteiger partial charge in [0.05, 0.1) is 6.61 Å². The van der Waals surface area contributed by atoms with E-state index in [-0.39, 0.29) is 17.4 Å². The second-order valence-corrected chi connectivity index (χ2v) is 7.35. The van der Waals surface area contributed by atoms with Crippen molar-refractivity contribution in [2.75, 3.05) is 33.4 Å². The third-order valence-corrected chi connectivity index (χ3v) is 5.56. The largest absolute Gasteiger partial charge is 0.396 e. The first kappa shape index (κ1) is 16.8. The van der Waals surface area contributed by atoms with Crippen LogP contribution in [-0.4, -0.2) is 49.3 Å². The number of nitrogens with zero attached hydrogens (tertiary/aromatic N) is 1. The number of piperidine rings is 1. The minimum Gasteiger partial charge on any atom is -0.396 e. The zero-order valence-corrected chi connectivity index (χ0v) is 13.7. The molecule has 0 spiro atoms. The topological polar surface area (TPSA) is 49.8 Å². The van der Waals surface area contributed by atoms with Crippen molar-refractivity contribution < 1.29 is 14.6 Å². The Kier molecular flexibility index (Phi) is 5.67. The molecule has 0 aromatic heterocycles. The molecule has 1 saturated heterocycles. The first-order valence-corrected chi connectivity index (χ1v) is 8.44. The minimum atomic E-state index is -0.148. The highest BCUT2D eigenvalue weighted by Crippen LogP contribution is 2.42. The molecule has 4 heteroatoms. The lowest BCUT2D eigenvalue weighted by atomic mass is 9.76. The number of carbonyl (C=O) groups is 1. The molecule has 1 N–H and O–H groups in total. The van der Waals surface area contributed by atoms with Crippen LogP contribution in [0.5, 0.6) is 0 Å². The average Bonchev–Trinajstić information content (AvgIpc) is 2.95. The number of hydrogen-bond donors (Lipinski definition) is 1. The second kappa shape index (κ2) is 7.10. The molecule has 1 heterocycles. The van der Waals surface area contributed by atoms with Gasteiger partial charge >= 0.3 is 0 Å². The number of ether oxygens (including phenoxy) is 1. The van der Waals surface area contributed by atoms with Crippen molar-refractivity contribution in [3.63, 3.8) is 0 Å². The molecule has 1 aliphatic carbocycles. The van der Waals surface area contributed by atoms with Crippen molar-refractivity contribution in [3.05, 3.63) is 0 Å². The summed E-state index contributed by atoms with van der Waals surface area (Å²) in [5.41, 5.74) is -0.257. The van der Waals surface area contributed by atoms with Crippen LogP contribution in [-0.2, 0) is 9.53 Å². The summed E-state index contributed by atoms with van der Waals surface area (Å²) in [4.78, 5) is 14.9. The molecule has 2 fully saturated rings. The molecule has 0 aromatic rings. The van der Waals surface area contributed by atoms with Gasteiger partial charge in [0.1, 0.15) is 0 Å². The van der Waals surface area contributed by atoms with Gasteiger partial charge in [-0.25, -0.2) is 0 Å². The Balaban J connectivity index is 1.99. The first-order valence-electron chi connectivity index (χ1n) is 8.44. The summed E-state index contributed by atoms with van der Waals surface area (Å²) in [5, 5.41) is 9.89. The molecule has 0 unspecified atom stereocenters. The summed E-state index contributed by atoms with van der Waals surface area (Å²) in [6.07, 6.45) is 8.33. The molecule has 1 saturated carbocycles. The van der Waals surface area contributed by atoms with Crippen molar-refractivity contribution in [1.82, 2.24) is 4.90 Å². The van der Waals surface area contributed by atoms with Crippen LogP contribution >= 0.6 is 0 Å². The maximum Gasteiger partial charge on any atom is 0.228 e. The number of likely N-dealkylation sites (tertiary alicyclic amines) is 1. The molecule has 0 aromatic carbocycles. The fourth-order valence-corrected chi connectivity index (χ4v) is 4.14. The van der Waals surface area contributed by atoms with Crippen LogP contribution in [0.4, 0.5) is 0 Å². The molecule has 0 radical (unpaired) electrons. The number of aliphatic hydroxyl groups excluding tert-OH is 1. The van der Waals surface area contributed by atoms with Gasteiger partial charge in [0.25, 0.3) is 0 Å². The molecule has 0 bridgehead atoms. The van der Waals surface area contributed by atoms with E-state index in [4.69, 9.17) is 4.74 Å². The molecular weight excluding hydrogens is 266 g/mol. The Labute approximate surface area is 128 Å². The quantitative estimate of drug-likeness (QED) is 0.767. The van der Waals surface area contributed by atoms with Crippen molar-refractivity contribution in [2.45, 2.75) is 58.3 Å². The first-order chi connectivity index (χ1) is 10.1. The van der Waals surface area contributed by atoms with E-state index >= 15 is 0 Å². The molecule has 122 valence electrons. The van der Waals surface area contributed by atoms with Gasteiger partial charge in [-0.3, -0.25) is 4.79 Å². The number of aliphatic hydroxyl groups is 1. The van der Waals surface area contributed by atoms with Gasteiger partial charge in [-0.05, 0) is 38.5 Å². The normalized spacial score (nSPS) is 28.8. The van der Waals surface area contributed by atoms with Crippen LogP contribution in [0.15, 0.2) is 0 Å². The number of amides is 1. The molecule has 1 amide bonds. The van der Waals surface area contributed by atoms with Crippen molar-refractivity contribution in [2.24, 2.45) is 10.8 Å². The third kappa shape index (κ3) is 3.78. The maximum absolute atomic E-state index is 12.9. The van der Waals surface area contributed by atoms with Gasteiger partial charge in [0, 0.05) is 37.6 Å². The van der Waals surface area contributed by atoms with Gasteiger partial charge < -0.3 is 14.7 Å². The minimum absolute atomic E-state index is 0.110. The van der Waals surface area contributed by atoms with E-state index in [0.29, 0.717) is 5.91 Å². The van der Waals surface area contributed by atoms with E-state index in [2.05, 4.69) is 6.92 Å². The highest BCUT2D eigenvalue weighted by Gasteiger charge is 2.43. The Morgan fingerprint density at radius 1 is 1.24 bits per heavy atom. The lowest BCUT2D eigenvalue weighted by Gasteiger charge is -2.44. The number of carbonyl (C=O) groups excluding carboxylic acids is 1. The van der Waals surface area contributed by atoms with Crippen LogP contribution in [0.3, 0.4) is 0 Å². The van der Waals surface area contributed by atoms with E-state index in [1.165, 1.54) is 12.8 Å². The Morgan fingerprint density at radius 2 is 1.95 bits per heavy atom. The molecule has 4 nitrogen and oxygen atoms in total. The summed E-state index contributed by atoms with van der Waals surface area (Å²) in [6.45, 7) is 4.62. The SMILES string of the molecule is COCCC[C@]1(CO)CCCN(C(=O)C2(C)CCCC2)C1. The van der Waals surface area contributed by atoms with E-state index in [1.54, 1.807) is 7.11 Å². The summed E-state index contributed by atoms with van der Waals surface area (Å²) >= 11 is 0. The van der Waals surface area contributed by atoms with Gasteiger partial charge in [0.2, 0.25) is 5.91 Å². The summed E-state index contributed by atoms with van der Waals surface area (Å²) in [5.74, 6) is 0.323. The van der Waals surface area contributed by atoms with Crippen molar-refractivity contribution in [1.29, 1.82) is 0 Å². The lowest BCUT2D eigenvalue weighted by Crippen LogP contribution is -2.51. The van der Waals surface area contributed by atoms with E-state index < -0.39 is 0 Å². The number of rotatable bonds is 6. The van der Waals surface area contributed by atoms with E-state index in [9.17, 15) is 9.90 Å². The van der Waals surface area contributed by atoms with Crippen LogP contribution in [0.25, 0.3) is 0 Å². The molecule has 1 atom stereocenters. The molecule has 2 aliphatic rings. The number of hydrogen-bond acceptors (Lipinski definition) is 3. The summed E-state index contributed by atoms with van der Waals surface area (Å²) in [6, 6.07) is 0. The second-order valence-electron chi connectivity index (χ2n) is 7.35. The van der Waals surface area contributed by atoms with E-state index in [1.807, 2.05) is 4.90 Å². The monoisotopic (exact) mass is 297 g/mol. The predicted octanol–water partition coefficient (Wildman–Crippen LogP) is 2.59. The predicted molar refractivity (Wildman–Crippen MR) is 83.0 cm³/mol. The van der Waals surface area contributed by atoms with Crippen LogP contribution < -0.4 is 0 Å². The fraction of sp³-hybridized carbons (Fsp3) is 0.941. The lowest BCUT2D eigenvalue weighted by molar-refractivity contribution is -0.145. The third-order valence-electron chi connectivity index (χ3n) is 5.56. The molecule has 1 aliphatic heterocycles. The fourth-order valence-electron chi connectivity index (χ4n) is 4.14. The van der Waals surface area contributed by atoms with Gasteiger partial charge in [-0.2, -0.15) is 0 Å². The van der Waals surface area contributed by atoms with Crippen molar-refractivity contribution in [3.8, 4) is 0 Å². The standard InChI is InChI=1S/C17H31NO3/c1-16(7-3-4-8-16)15(20)18-11-5-9-17(13-18,14-19)10-6-12-21-2/h19H,3-14H2,1-2H3/t17-/m1/s1. The Hall–Kier alpha value is -0.610. The zero-order valence-electron chi connectivity index (χ0n) is 13.7. The van der Waals surface area contributed by atoms with E-state index in [0.717, 1.165) is 58.2 Å². The summed E-state index contributed by atoms with van der Waals surface area (Å²) < 4.78 is 5.13. The van der Waals surface area contributed by atoms with Crippen molar-refractivity contribution >= 4 is 5.91 Å². The van der Waals surface area contributed by atoms with Gasteiger partial charge in [-0.15, -0.1) is 0 Å². The Morgan fingerprint density at radius 3 is 2.57 bits per heavy atom. The van der Waals surface area contributed by atoms with Crippen LogP contribution in [0, 0.1) is 10.8 Å².